The van der Waals surface area contributed by atoms with E-state index in [9.17, 15) is 13.2 Å². The van der Waals surface area contributed by atoms with Crippen molar-refractivity contribution in [3.05, 3.63) is 29.8 Å². The molecule has 2 unspecified atom stereocenters. The molecule has 0 aromatic heterocycles. The third-order valence-electron chi connectivity index (χ3n) is 2.53. The molecule has 0 heterocycles. The Labute approximate surface area is 104 Å². The van der Waals surface area contributed by atoms with Gasteiger partial charge in [-0.25, -0.2) is 0 Å². The van der Waals surface area contributed by atoms with Crippen molar-refractivity contribution >= 4 is 0 Å². The second-order valence-electron chi connectivity index (χ2n) is 3.82. The van der Waals surface area contributed by atoms with E-state index in [1.165, 1.54) is 7.11 Å². The van der Waals surface area contributed by atoms with E-state index in [2.05, 4.69) is 0 Å². The van der Waals surface area contributed by atoms with Crippen molar-refractivity contribution in [3.8, 4) is 5.75 Å². The molecule has 0 fully saturated rings. The van der Waals surface area contributed by atoms with Crippen molar-refractivity contribution in [2.24, 2.45) is 5.73 Å². The molecule has 2 N–H and O–H groups in total. The van der Waals surface area contributed by atoms with Crippen LogP contribution in [0.5, 0.6) is 5.75 Å². The molecule has 0 aliphatic heterocycles. The fourth-order valence-corrected chi connectivity index (χ4v) is 1.41. The molecule has 0 bridgehead atoms. The molecule has 6 heteroatoms. The summed E-state index contributed by atoms with van der Waals surface area (Å²) < 4.78 is 47.1. The van der Waals surface area contributed by atoms with E-state index >= 15 is 0 Å². The van der Waals surface area contributed by atoms with Gasteiger partial charge in [-0.05, 0) is 24.6 Å². The summed E-state index contributed by atoms with van der Waals surface area (Å²) in [7, 11) is 1.51. The van der Waals surface area contributed by atoms with Gasteiger partial charge in [-0.2, -0.15) is 13.2 Å². The van der Waals surface area contributed by atoms with E-state index in [1.54, 1.807) is 24.3 Å². The normalized spacial score (nSPS) is 15.2. The maximum Gasteiger partial charge on any atom is 0.414 e. The highest BCUT2D eigenvalue weighted by Crippen LogP contribution is 2.28. The van der Waals surface area contributed by atoms with Gasteiger partial charge >= 0.3 is 6.18 Å². The van der Waals surface area contributed by atoms with Crippen molar-refractivity contribution in [2.75, 3.05) is 13.7 Å². The van der Waals surface area contributed by atoms with Crippen LogP contribution in [0, 0.1) is 0 Å². The summed E-state index contributed by atoms with van der Waals surface area (Å²) in [5, 5.41) is 0. The quantitative estimate of drug-likeness (QED) is 0.888. The van der Waals surface area contributed by atoms with E-state index in [4.69, 9.17) is 15.2 Å². The summed E-state index contributed by atoms with van der Waals surface area (Å²) in [4.78, 5) is 0. The molecule has 1 aromatic rings. The minimum atomic E-state index is -4.39. The van der Waals surface area contributed by atoms with Crippen LogP contribution in [-0.2, 0) is 4.74 Å². The summed E-state index contributed by atoms with van der Waals surface area (Å²) in [5.41, 5.74) is 6.04. The van der Waals surface area contributed by atoms with E-state index in [1.807, 2.05) is 0 Å². The maximum absolute atomic E-state index is 12.4. The number of hydrogen-bond donors (Lipinski definition) is 1. The summed E-state index contributed by atoms with van der Waals surface area (Å²) >= 11 is 0. The molecule has 0 amide bonds. The Morgan fingerprint density at radius 2 is 1.78 bits per heavy atom. The number of ether oxygens (including phenoxy) is 2. The zero-order valence-electron chi connectivity index (χ0n) is 10.2. The van der Waals surface area contributed by atoms with Gasteiger partial charge in [0, 0.05) is 6.54 Å². The van der Waals surface area contributed by atoms with Gasteiger partial charge in [-0.1, -0.05) is 12.1 Å². The zero-order valence-corrected chi connectivity index (χ0v) is 10.2. The molecule has 18 heavy (non-hydrogen) atoms. The molecule has 0 spiro atoms. The predicted octanol–water partition coefficient (Wildman–Crippen LogP) is 2.66. The van der Waals surface area contributed by atoms with Crippen LogP contribution in [0.2, 0.25) is 0 Å². The maximum atomic E-state index is 12.4. The van der Waals surface area contributed by atoms with Gasteiger partial charge in [0.25, 0.3) is 0 Å². The molecular weight excluding hydrogens is 247 g/mol. The average Bonchev–Trinajstić information content (AvgIpc) is 2.34. The molecule has 0 saturated carbocycles. The molecule has 102 valence electrons. The summed E-state index contributed by atoms with van der Waals surface area (Å²) in [5.74, 6) is 0.624. The van der Waals surface area contributed by atoms with Crippen molar-refractivity contribution in [1.82, 2.24) is 0 Å². The van der Waals surface area contributed by atoms with Crippen molar-refractivity contribution in [3.63, 3.8) is 0 Å². The first-order valence-electron chi connectivity index (χ1n) is 5.44. The third kappa shape index (κ3) is 3.89. The number of rotatable bonds is 5. The zero-order chi connectivity index (χ0) is 13.8. The second-order valence-corrected chi connectivity index (χ2v) is 3.82. The fraction of sp³-hybridized carbons (Fsp3) is 0.500. The topological polar surface area (TPSA) is 44.5 Å². The van der Waals surface area contributed by atoms with Gasteiger partial charge in [-0.3, -0.25) is 0 Å². The standard InChI is InChI=1S/C12H16F3NO2/c1-8(12(13,14)15)18-11(7-16)9-3-5-10(17-2)6-4-9/h3-6,8,11H,7,16H2,1-2H3. The number of nitrogens with two attached hydrogens (primary N) is 1. The summed E-state index contributed by atoms with van der Waals surface area (Å²) in [6.07, 6.45) is -7.03. The van der Waals surface area contributed by atoms with Gasteiger partial charge in [0.2, 0.25) is 0 Å². The summed E-state index contributed by atoms with van der Waals surface area (Å²) in [6, 6.07) is 6.58. The van der Waals surface area contributed by atoms with Gasteiger partial charge in [0.15, 0.2) is 6.10 Å². The van der Waals surface area contributed by atoms with Crippen LogP contribution in [0.15, 0.2) is 24.3 Å². The lowest BCUT2D eigenvalue weighted by Crippen LogP contribution is -2.32. The minimum Gasteiger partial charge on any atom is -0.497 e. The second kappa shape index (κ2) is 6.06. The Hall–Kier alpha value is -1.27. The van der Waals surface area contributed by atoms with Gasteiger partial charge in [0.1, 0.15) is 5.75 Å². The molecule has 0 saturated heterocycles. The van der Waals surface area contributed by atoms with Crippen LogP contribution >= 0.6 is 0 Å². The third-order valence-corrected chi connectivity index (χ3v) is 2.53. The minimum absolute atomic E-state index is 0.0211. The molecule has 3 nitrogen and oxygen atoms in total. The van der Waals surface area contributed by atoms with Crippen LogP contribution in [-0.4, -0.2) is 25.9 Å². The summed E-state index contributed by atoms with van der Waals surface area (Å²) in [6.45, 7) is 0.943. The Kier molecular flexibility index (Phi) is 4.98. The number of hydrogen-bond acceptors (Lipinski definition) is 3. The van der Waals surface area contributed by atoms with E-state index in [-0.39, 0.29) is 6.54 Å². The highest BCUT2D eigenvalue weighted by molar-refractivity contribution is 5.28. The van der Waals surface area contributed by atoms with Crippen LogP contribution in [0.4, 0.5) is 13.2 Å². The first kappa shape index (κ1) is 14.8. The van der Waals surface area contributed by atoms with Crippen LogP contribution < -0.4 is 10.5 Å². The number of benzene rings is 1. The van der Waals surface area contributed by atoms with Crippen molar-refractivity contribution < 1.29 is 22.6 Å². The lowest BCUT2D eigenvalue weighted by atomic mass is 10.1. The molecule has 2 atom stereocenters. The number of halogens is 3. The van der Waals surface area contributed by atoms with Crippen LogP contribution in [0.3, 0.4) is 0 Å². The Balaban J connectivity index is 2.76. The lowest BCUT2D eigenvalue weighted by Gasteiger charge is -2.23. The molecule has 1 rings (SSSR count). The smallest absolute Gasteiger partial charge is 0.414 e. The first-order valence-corrected chi connectivity index (χ1v) is 5.44. The molecule has 0 aliphatic rings. The Morgan fingerprint density at radius 1 is 1.22 bits per heavy atom. The molecular formula is C12H16F3NO2. The van der Waals surface area contributed by atoms with Crippen molar-refractivity contribution in [1.29, 1.82) is 0 Å². The van der Waals surface area contributed by atoms with Crippen LogP contribution in [0.25, 0.3) is 0 Å². The lowest BCUT2D eigenvalue weighted by molar-refractivity contribution is -0.226. The number of methoxy groups -OCH3 is 1. The average molecular weight is 263 g/mol. The largest absolute Gasteiger partial charge is 0.497 e. The fourth-order valence-electron chi connectivity index (χ4n) is 1.41. The highest BCUT2D eigenvalue weighted by atomic mass is 19.4. The van der Waals surface area contributed by atoms with Gasteiger partial charge in [-0.15, -0.1) is 0 Å². The number of alkyl halides is 3. The van der Waals surface area contributed by atoms with E-state index < -0.39 is 18.4 Å². The molecule has 0 aliphatic carbocycles. The van der Waals surface area contributed by atoms with Crippen LogP contribution in [0.1, 0.15) is 18.6 Å². The monoisotopic (exact) mass is 263 g/mol. The SMILES string of the molecule is COc1ccc(C(CN)OC(C)C(F)(F)F)cc1. The molecule has 0 radical (unpaired) electrons. The highest BCUT2D eigenvalue weighted by Gasteiger charge is 2.38. The van der Waals surface area contributed by atoms with E-state index in [0.29, 0.717) is 11.3 Å². The Morgan fingerprint density at radius 3 is 2.17 bits per heavy atom. The van der Waals surface area contributed by atoms with Gasteiger partial charge < -0.3 is 15.2 Å². The predicted molar refractivity (Wildman–Crippen MR) is 61.4 cm³/mol. The molecule has 1 aromatic carbocycles. The van der Waals surface area contributed by atoms with E-state index in [0.717, 1.165) is 6.92 Å². The van der Waals surface area contributed by atoms with Crippen molar-refractivity contribution in [2.45, 2.75) is 25.3 Å². The van der Waals surface area contributed by atoms with Gasteiger partial charge in [0.05, 0.1) is 13.2 Å². The first-order chi connectivity index (χ1) is 8.38. The Bertz CT molecular complexity index is 365.